The van der Waals surface area contributed by atoms with E-state index in [0.717, 1.165) is 10.4 Å². The summed E-state index contributed by atoms with van der Waals surface area (Å²) in [6.07, 6.45) is 0.696. The number of anilines is 2. The van der Waals surface area contributed by atoms with Crippen molar-refractivity contribution in [2.75, 3.05) is 17.7 Å². The van der Waals surface area contributed by atoms with Crippen molar-refractivity contribution in [1.82, 2.24) is 0 Å². The maximum Gasteiger partial charge on any atom is 0.340 e. The quantitative estimate of drug-likeness (QED) is 0.462. The lowest BCUT2D eigenvalue weighted by Crippen LogP contribution is -2.19. The van der Waals surface area contributed by atoms with Gasteiger partial charge in [0.25, 0.3) is 0 Å². The zero-order valence-corrected chi connectivity index (χ0v) is 16.1. The van der Waals surface area contributed by atoms with Crippen molar-refractivity contribution in [3.8, 4) is 0 Å². The minimum absolute atomic E-state index is 0.263. The van der Waals surface area contributed by atoms with Crippen molar-refractivity contribution in [2.24, 2.45) is 0 Å². The molecule has 4 nitrogen and oxygen atoms in total. The number of halogens is 1. The molecular formula is C20H17FN2O2S2. The zero-order valence-electron chi connectivity index (χ0n) is 14.5. The monoisotopic (exact) mass is 400 g/mol. The fourth-order valence-corrected chi connectivity index (χ4v) is 3.88. The summed E-state index contributed by atoms with van der Waals surface area (Å²) in [6, 6.07) is 17.7. The fraction of sp³-hybridized carbons (Fsp3) is 0.100. The number of hydrogen-bond donors (Lipinski definition) is 2. The first-order chi connectivity index (χ1) is 13.0. The maximum absolute atomic E-state index is 13.3. The third-order valence-electron chi connectivity index (χ3n) is 3.72. The smallest absolute Gasteiger partial charge is 0.340 e. The number of esters is 1. The van der Waals surface area contributed by atoms with Gasteiger partial charge in [0, 0.05) is 17.0 Å². The topological polar surface area (TPSA) is 50.4 Å². The van der Waals surface area contributed by atoms with Gasteiger partial charge >= 0.3 is 5.97 Å². The second-order valence-electron chi connectivity index (χ2n) is 5.70. The average molecular weight is 401 g/mol. The SMILES string of the molecule is COC(=O)c1cc(Cc2ccccc2)sc1NC(=S)Nc1cccc(F)c1. The van der Waals surface area contributed by atoms with Gasteiger partial charge in [-0.25, -0.2) is 9.18 Å². The Morgan fingerprint density at radius 1 is 1.11 bits per heavy atom. The molecule has 0 aliphatic carbocycles. The highest BCUT2D eigenvalue weighted by Gasteiger charge is 2.18. The van der Waals surface area contributed by atoms with E-state index in [0.29, 0.717) is 22.7 Å². The van der Waals surface area contributed by atoms with Crippen LogP contribution in [0.4, 0.5) is 15.1 Å². The molecule has 0 aliphatic heterocycles. The van der Waals surface area contributed by atoms with E-state index in [-0.39, 0.29) is 10.9 Å². The molecular weight excluding hydrogens is 383 g/mol. The molecule has 1 heterocycles. The van der Waals surface area contributed by atoms with E-state index >= 15 is 0 Å². The standard InChI is InChI=1S/C20H17FN2O2S2/c1-25-19(24)17-12-16(10-13-6-3-2-4-7-13)27-18(17)23-20(26)22-15-9-5-8-14(21)11-15/h2-9,11-12H,10H2,1H3,(H2,22,23,26). The highest BCUT2D eigenvalue weighted by molar-refractivity contribution is 7.80. The average Bonchev–Trinajstić information content (AvgIpc) is 3.04. The number of hydrogen-bond acceptors (Lipinski definition) is 4. The summed E-state index contributed by atoms with van der Waals surface area (Å²) in [5.74, 6) is -0.805. The minimum atomic E-state index is -0.443. The number of rotatable bonds is 5. The molecule has 3 aromatic rings. The Morgan fingerprint density at radius 3 is 2.59 bits per heavy atom. The summed E-state index contributed by atoms with van der Waals surface area (Å²) >= 11 is 6.72. The van der Waals surface area contributed by atoms with Gasteiger partial charge < -0.3 is 15.4 Å². The Kier molecular flexibility index (Phi) is 6.16. The van der Waals surface area contributed by atoms with Crippen LogP contribution in [0, 0.1) is 5.82 Å². The van der Waals surface area contributed by atoms with E-state index in [9.17, 15) is 9.18 Å². The number of benzene rings is 2. The molecule has 0 atom stereocenters. The molecule has 0 spiro atoms. The summed E-state index contributed by atoms with van der Waals surface area (Å²) in [7, 11) is 1.34. The van der Waals surface area contributed by atoms with Crippen LogP contribution in [0.3, 0.4) is 0 Å². The van der Waals surface area contributed by atoms with Crippen molar-refractivity contribution in [3.63, 3.8) is 0 Å². The van der Waals surface area contributed by atoms with Crippen LogP contribution >= 0.6 is 23.6 Å². The van der Waals surface area contributed by atoms with Crippen LogP contribution < -0.4 is 10.6 Å². The zero-order chi connectivity index (χ0) is 19.2. The van der Waals surface area contributed by atoms with Crippen LogP contribution in [0.5, 0.6) is 0 Å². The third kappa shape index (κ3) is 5.12. The number of thiocarbonyl (C=S) groups is 1. The molecule has 0 unspecified atom stereocenters. The Morgan fingerprint density at radius 2 is 1.89 bits per heavy atom. The van der Waals surface area contributed by atoms with E-state index in [1.54, 1.807) is 18.2 Å². The second kappa shape index (κ2) is 8.75. The summed E-state index contributed by atoms with van der Waals surface area (Å²) in [4.78, 5) is 13.1. The lowest BCUT2D eigenvalue weighted by molar-refractivity contribution is 0.0602. The Hall–Kier alpha value is -2.77. The van der Waals surface area contributed by atoms with Crippen molar-refractivity contribution in [3.05, 3.63) is 82.5 Å². The lowest BCUT2D eigenvalue weighted by atomic mass is 10.1. The van der Waals surface area contributed by atoms with E-state index < -0.39 is 5.97 Å². The van der Waals surface area contributed by atoms with Gasteiger partial charge in [-0.3, -0.25) is 0 Å². The molecule has 0 bridgehead atoms. The van der Waals surface area contributed by atoms with Gasteiger partial charge in [-0.1, -0.05) is 36.4 Å². The molecule has 1 aromatic heterocycles. The highest BCUT2D eigenvalue weighted by atomic mass is 32.1. The van der Waals surface area contributed by atoms with Crippen molar-refractivity contribution >= 4 is 45.3 Å². The van der Waals surface area contributed by atoms with Crippen molar-refractivity contribution < 1.29 is 13.9 Å². The van der Waals surface area contributed by atoms with E-state index in [4.69, 9.17) is 17.0 Å². The lowest BCUT2D eigenvalue weighted by Gasteiger charge is -2.10. The first kappa shape index (κ1) is 19.0. The number of methoxy groups -OCH3 is 1. The maximum atomic E-state index is 13.3. The van der Waals surface area contributed by atoms with Crippen LogP contribution in [0.1, 0.15) is 20.8 Å². The van der Waals surface area contributed by atoms with E-state index in [1.807, 2.05) is 30.3 Å². The van der Waals surface area contributed by atoms with E-state index in [1.165, 1.54) is 30.6 Å². The first-order valence-electron chi connectivity index (χ1n) is 8.13. The molecule has 2 N–H and O–H groups in total. The predicted octanol–water partition coefficient (Wildman–Crippen LogP) is 5.07. The largest absolute Gasteiger partial charge is 0.465 e. The van der Waals surface area contributed by atoms with Crippen molar-refractivity contribution in [2.45, 2.75) is 6.42 Å². The molecule has 0 saturated carbocycles. The summed E-state index contributed by atoms with van der Waals surface area (Å²) < 4.78 is 18.2. The third-order valence-corrected chi connectivity index (χ3v) is 4.97. The molecule has 2 aromatic carbocycles. The highest BCUT2D eigenvalue weighted by Crippen LogP contribution is 2.30. The molecule has 27 heavy (non-hydrogen) atoms. The van der Waals surface area contributed by atoms with Gasteiger partial charge in [-0.05, 0) is 42.0 Å². The van der Waals surface area contributed by atoms with Crippen LogP contribution in [-0.2, 0) is 11.2 Å². The number of nitrogens with one attached hydrogen (secondary N) is 2. The van der Waals surface area contributed by atoms with Gasteiger partial charge in [0.15, 0.2) is 5.11 Å². The second-order valence-corrected chi connectivity index (χ2v) is 7.24. The van der Waals surface area contributed by atoms with Crippen LogP contribution in [0.25, 0.3) is 0 Å². The number of carbonyl (C=O) groups excluding carboxylic acids is 1. The number of ether oxygens (including phenoxy) is 1. The Bertz CT molecular complexity index is 958. The molecule has 0 amide bonds. The van der Waals surface area contributed by atoms with Crippen LogP contribution in [0.2, 0.25) is 0 Å². The summed E-state index contributed by atoms with van der Waals surface area (Å²) in [5.41, 5.74) is 2.08. The summed E-state index contributed by atoms with van der Waals surface area (Å²) in [6.45, 7) is 0. The molecule has 0 aliphatic rings. The Labute approximate surface area is 166 Å². The molecule has 7 heteroatoms. The van der Waals surface area contributed by atoms with Gasteiger partial charge in [0.1, 0.15) is 10.8 Å². The molecule has 3 rings (SSSR count). The normalized spacial score (nSPS) is 10.3. The van der Waals surface area contributed by atoms with Gasteiger partial charge in [0.05, 0.1) is 12.7 Å². The Balaban J connectivity index is 1.78. The number of thiophene rings is 1. The van der Waals surface area contributed by atoms with Gasteiger partial charge in [0.2, 0.25) is 0 Å². The van der Waals surface area contributed by atoms with E-state index in [2.05, 4.69) is 10.6 Å². The number of carbonyl (C=O) groups is 1. The first-order valence-corrected chi connectivity index (χ1v) is 9.36. The summed E-state index contributed by atoms with van der Waals surface area (Å²) in [5, 5.41) is 6.77. The molecule has 0 fully saturated rings. The molecule has 0 radical (unpaired) electrons. The minimum Gasteiger partial charge on any atom is -0.465 e. The van der Waals surface area contributed by atoms with Crippen LogP contribution in [0.15, 0.2) is 60.7 Å². The van der Waals surface area contributed by atoms with Gasteiger partial charge in [-0.2, -0.15) is 0 Å². The molecule has 0 saturated heterocycles. The fourth-order valence-electron chi connectivity index (χ4n) is 2.51. The molecule has 138 valence electrons. The van der Waals surface area contributed by atoms with Gasteiger partial charge in [-0.15, -0.1) is 11.3 Å². The van der Waals surface area contributed by atoms with Crippen LogP contribution in [-0.4, -0.2) is 18.2 Å². The van der Waals surface area contributed by atoms with Crippen molar-refractivity contribution in [1.29, 1.82) is 0 Å². The predicted molar refractivity (Wildman–Crippen MR) is 111 cm³/mol.